The van der Waals surface area contributed by atoms with Gasteiger partial charge in [0.25, 0.3) is 0 Å². The fourth-order valence-electron chi connectivity index (χ4n) is 5.96. The number of benzene rings is 6. The molecule has 4 heteroatoms. The van der Waals surface area contributed by atoms with Crippen molar-refractivity contribution in [2.45, 2.75) is 0 Å². The molecule has 0 aliphatic heterocycles. The summed E-state index contributed by atoms with van der Waals surface area (Å²) in [5.41, 5.74) is 9.60. The Morgan fingerprint density at radius 2 is 1.07 bits per heavy atom. The van der Waals surface area contributed by atoms with Crippen LogP contribution in [0, 0.1) is 22.7 Å². The van der Waals surface area contributed by atoms with Crippen molar-refractivity contribution in [3.63, 3.8) is 0 Å². The van der Waals surface area contributed by atoms with E-state index in [1.165, 1.54) is 0 Å². The molecule has 0 saturated heterocycles. The lowest BCUT2D eigenvalue weighted by Gasteiger charge is -2.15. The van der Waals surface area contributed by atoms with E-state index in [1.54, 1.807) is 0 Å². The summed E-state index contributed by atoms with van der Waals surface area (Å²) in [4.78, 5) is 0. The zero-order valence-corrected chi connectivity index (χ0v) is 22.3. The lowest BCUT2D eigenvalue weighted by molar-refractivity contribution is 0.669. The zero-order chi connectivity index (χ0) is 28.2. The second-order valence-electron chi connectivity index (χ2n) is 10.3. The van der Waals surface area contributed by atoms with Gasteiger partial charge in [0.2, 0.25) is 0 Å². The summed E-state index contributed by atoms with van der Waals surface area (Å²) in [6.07, 6.45) is 0. The lowest BCUT2D eigenvalue weighted by Crippen LogP contribution is -1.93. The van der Waals surface area contributed by atoms with Crippen LogP contribution in [0.3, 0.4) is 0 Å². The van der Waals surface area contributed by atoms with Crippen molar-refractivity contribution in [2.75, 3.05) is 0 Å². The van der Waals surface area contributed by atoms with Crippen LogP contribution >= 0.6 is 0 Å². The fraction of sp³-hybridized carbons (Fsp3) is 0. The molecule has 8 aromatic rings. The highest BCUT2D eigenvalue weighted by atomic mass is 16.3. The number of nitrogens with zero attached hydrogens (tertiary/aromatic N) is 2. The van der Waals surface area contributed by atoms with Crippen LogP contribution in [0.25, 0.3) is 77.3 Å². The summed E-state index contributed by atoms with van der Waals surface area (Å²) in [7, 11) is 0. The zero-order valence-electron chi connectivity index (χ0n) is 22.3. The summed E-state index contributed by atoms with van der Waals surface area (Å²) in [6.45, 7) is 0. The number of rotatable bonds is 3. The second kappa shape index (κ2) is 9.24. The predicted octanol–water partition coefficient (Wildman–Crippen LogP) is 10.2. The Morgan fingerprint density at radius 3 is 1.83 bits per heavy atom. The molecule has 42 heavy (non-hydrogen) atoms. The topological polar surface area (TPSA) is 73.9 Å². The van der Waals surface area contributed by atoms with E-state index in [-0.39, 0.29) is 0 Å². The summed E-state index contributed by atoms with van der Waals surface area (Å²) >= 11 is 0. The Kier molecular flexibility index (Phi) is 5.22. The molecule has 2 heterocycles. The first-order valence-electron chi connectivity index (χ1n) is 13.6. The van der Waals surface area contributed by atoms with Gasteiger partial charge in [-0.3, -0.25) is 0 Å². The van der Waals surface area contributed by atoms with Crippen LogP contribution in [0.5, 0.6) is 0 Å². The molecule has 2 aromatic heterocycles. The van der Waals surface area contributed by atoms with Gasteiger partial charge in [-0.15, -0.1) is 0 Å². The minimum Gasteiger partial charge on any atom is -0.456 e. The van der Waals surface area contributed by atoms with Crippen LogP contribution in [0.1, 0.15) is 11.1 Å². The van der Waals surface area contributed by atoms with Crippen LogP contribution in [0.15, 0.2) is 130 Å². The molecule has 0 bridgehead atoms. The first-order valence-corrected chi connectivity index (χ1v) is 13.6. The van der Waals surface area contributed by atoms with Gasteiger partial charge >= 0.3 is 0 Å². The van der Waals surface area contributed by atoms with E-state index >= 15 is 0 Å². The van der Waals surface area contributed by atoms with Crippen LogP contribution < -0.4 is 0 Å². The SMILES string of the molecule is N#Cc1ccc(-c2cc(-c3ccc4oc5ccccc5c4c3)c(C#N)c(-c3cccc4c3oc3ccccc34)c2)cc1. The average molecular weight is 537 g/mol. The Bertz CT molecular complexity index is 2430. The summed E-state index contributed by atoms with van der Waals surface area (Å²) in [6, 6.07) is 44.5. The smallest absolute Gasteiger partial charge is 0.143 e. The molecule has 0 aliphatic carbocycles. The second-order valence-corrected chi connectivity index (χ2v) is 10.3. The van der Waals surface area contributed by atoms with Crippen LogP contribution in [0.2, 0.25) is 0 Å². The Labute approximate surface area is 240 Å². The number of furan rings is 2. The third kappa shape index (κ3) is 3.60. The number of fused-ring (bicyclic) bond motifs is 6. The maximum atomic E-state index is 10.7. The molecule has 4 nitrogen and oxygen atoms in total. The van der Waals surface area contributed by atoms with Gasteiger partial charge in [0.15, 0.2) is 0 Å². The molecule has 0 N–H and O–H groups in total. The number of para-hydroxylation sites is 3. The van der Waals surface area contributed by atoms with E-state index in [4.69, 9.17) is 8.83 Å². The quantitative estimate of drug-likeness (QED) is 0.225. The average Bonchev–Trinajstić information content (AvgIpc) is 3.62. The molecule has 0 atom stereocenters. The third-order valence-corrected chi connectivity index (χ3v) is 7.98. The maximum Gasteiger partial charge on any atom is 0.143 e. The van der Waals surface area contributed by atoms with Gasteiger partial charge in [-0.1, -0.05) is 72.8 Å². The molecular formula is C38H20N2O2. The normalized spacial score (nSPS) is 11.3. The van der Waals surface area contributed by atoms with Crippen LogP contribution in [0.4, 0.5) is 0 Å². The molecule has 194 valence electrons. The first-order chi connectivity index (χ1) is 20.7. The lowest BCUT2D eigenvalue weighted by atomic mass is 9.87. The van der Waals surface area contributed by atoms with Crippen molar-refractivity contribution in [1.82, 2.24) is 0 Å². The Hall–Kier alpha value is -6.10. The van der Waals surface area contributed by atoms with E-state index < -0.39 is 0 Å². The third-order valence-electron chi connectivity index (χ3n) is 7.98. The first kappa shape index (κ1) is 23.8. The number of nitriles is 2. The van der Waals surface area contributed by atoms with Crippen molar-refractivity contribution >= 4 is 43.9 Å². The van der Waals surface area contributed by atoms with Crippen molar-refractivity contribution in [3.05, 3.63) is 132 Å². The highest BCUT2D eigenvalue weighted by molar-refractivity contribution is 6.11. The summed E-state index contributed by atoms with van der Waals surface area (Å²) in [5, 5.41) is 24.1. The van der Waals surface area contributed by atoms with Crippen LogP contribution in [-0.4, -0.2) is 0 Å². The molecule has 0 spiro atoms. The number of hydrogen-bond donors (Lipinski definition) is 0. The van der Waals surface area contributed by atoms with Crippen LogP contribution in [-0.2, 0) is 0 Å². The van der Waals surface area contributed by atoms with Gasteiger partial charge in [-0.2, -0.15) is 10.5 Å². The van der Waals surface area contributed by atoms with Gasteiger partial charge in [0.05, 0.1) is 17.2 Å². The van der Waals surface area contributed by atoms with Crippen molar-refractivity contribution < 1.29 is 8.83 Å². The molecule has 0 unspecified atom stereocenters. The van der Waals surface area contributed by atoms with Crippen molar-refractivity contribution in [2.24, 2.45) is 0 Å². The van der Waals surface area contributed by atoms with E-state index in [0.29, 0.717) is 11.1 Å². The van der Waals surface area contributed by atoms with Crippen molar-refractivity contribution in [3.8, 4) is 45.5 Å². The van der Waals surface area contributed by atoms with E-state index in [0.717, 1.165) is 77.3 Å². The van der Waals surface area contributed by atoms with E-state index in [1.807, 2.05) is 84.9 Å². The van der Waals surface area contributed by atoms with Gasteiger partial charge in [0.1, 0.15) is 28.4 Å². The minimum atomic E-state index is 0.563. The molecule has 0 saturated carbocycles. The molecule has 0 amide bonds. The summed E-state index contributed by atoms with van der Waals surface area (Å²) in [5.74, 6) is 0. The fourth-order valence-corrected chi connectivity index (χ4v) is 5.96. The highest BCUT2D eigenvalue weighted by Crippen LogP contribution is 2.42. The molecule has 0 radical (unpaired) electrons. The Balaban J connectivity index is 1.44. The maximum absolute atomic E-state index is 10.7. The monoisotopic (exact) mass is 536 g/mol. The summed E-state index contributed by atoms with van der Waals surface area (Å²) < 4.78 is 12.5. The minimum absolute atomic E-state index is 0.563. The Morgan fingerprint density at radius 1 is 0.429 bits per heavy atom. The van der Waals surface area contributed by atoms with Gasteiger partial charge in [0, 0.05) is 38.2 Å². The molecular weight excluding hydrogens is 516 g/mol. The predicted molar refractivity (Wildman–Crippen MR) is 167 cm³/mol. The van der Waals surface area contributed by atoms with E-state index in [2.05, 4.69) is 48.5 Å². The van der Waals surface area contributed by atoms with E-state index in [9.17, 15) is 10.5 Å². The van der Waals surface area contributed by atoms with Gasteiger partial charge in [-0.25, -0.2) is 0 Å². The molecule has 0 fully saturated rings. The molecule has 6 aromatic carbocycles. The highest BCUT2D eigenvalue weighted by Gasteiger charge is 2.20. The largest absolute Gasteiger partial charge is 0.456 e. The van der Waals surface area contributed by atoms with Crippen molar-refractivity contribution in [1.29, 1.82) is 10.5 Å². The molecule has 0 aliphatic rings. The standard InChI is InChI=1S/C38H20N2O2/c39-21-23-12-14-24(15-13-23)26-19-31(25-16-17-37-33(18-25)28-7-2-3-10-35(28)41-37)34(22-40)32(20-26)30-9-5-8-29-27-6-1-4-11-36(27)42-38(29)30/h1-20H. The van der Waals surface area contributed by atoms with Gasteiger partial charge < -0.3 is 8.83 Å². The number of hydrogen-bond acceptors (Lipinski definition) is 4. The molecule has 8 rings (SSSR count). The van der Waals surface area contributed by atoms with Gasteiger partial charge in [-0.05, 0) is 65.2 Å².